The van der Waals surface area contributed by atoms with Crippen LogP contribution in [0.15, 0.2) is 170 Å². The third-order valence-electron chi connectivity index (χ3n) is 9.44. The van der Waals surface area contributed by atoms with Crippen LogP contribution in [0, 0.1) is 0 Å². The first kappa shape index (κ1) is 25.9. The second kappa shape index (κ2) is 10.1. The standard InChI is InChI=1S/C43H28N4/c1-3-12-30(13-4-1)43-44-36-18-11-21-40-42(36)47(43)39-27-24-31(28-41(39)46(40)32-14-5-2-6-15-32)29-22-25-33(26-23-29)45-37-19-9-7-16-34(37)35-17-8-10-20-38(35)45/h1-28H. The molecule has 0 unspecified atom stereocenters. The van der Waals surface area contributed by atoms with Crippen molar-refractivity contribution in [3.63, 3.8) is 0 Å². The van der Waals surface area contributed by atoms with Crippen molar-refractivity contribution >= 4 is 49.9 Å². The Morgan fingerprint density at radius 3 is 1.74 bits per heavy atom. The lowest BCUT2D eigenvalue weighted by Crippen LogP contribution is -2.18. The largest absolute Gasteiger partial charge is 0.309 e. The number of aromatic nitrogens is 3. The summed E-state index contributed by atoms with van der Waals surface area (Å²) in [6.07, 6.45) is 0. The van der Waals surface area contributed by atoms with Gasteiger partial charge in [-0.1, -0.05) is 109 Å². The smallest absolute Gasteiger partial charge is 0.145 e. The van der Waals surface area contributed by atoms with Crippen molar-refractivity contribution in [2.75, 3.05) is 4.90 Å². The number of rotatable bonds is 4. The van der Waals surface area contributed by atoms with E-state index in [1.165, 1.54) is 27.4 Å². The molecule has 0 atom stereocenters. The third-order valence-corrected chi connectivity index (χ3v) is 9.44. The molecule has 1 aliphatic heterocycles. The van der Waals surface area contributed by atoms with E-state index in [1.807, 2.05) is 0 Å². The SMILES string of the molecule is c1ccc(-c2nc3cccc4c3n2-c2ccc(-c3ccc(-n5c6ccccc6c6ccccc65)cc3)cc2N4c2ccccc2)cc1. The van der Waals surface area contributed by atoms with Crippen LogP contribution >= 0.6 is 0 Å². The van der Waals surface area contributed by atoms with E-state index in [4.69, 9.17) is 4.98 Å². The maximum Gasteiger partial charge on any atom is 0.145 e. The summed E-state index contributed by atoms with van der Waals surface area (Å²) < 4.78 is 4.70. The molecule has 4 nitrogen and oxygen atoms in total. The van der Waals surface area contributed by atoms with Crippen LogP contribution in [0.5, 0.6) is 0 Å². The average molecular weight is 601 g/mol. The molecule has 0 spiro atoms. The van der Waals surface area contributed by atoms with Crippen molar-refractivity contribution in [2.45, 2.75) is 0 Å². The highest BCUT2D eigenvalue weighted by Gasteiger charge is 2.29. The molecule has 0 saturated carbocycles. The van der Waals surface area contributed by atoms with Crippen LogP contribution in [-0.2, 0) is 0 Å². The van der Waals surface area contributed by atoms with Gasteiger partial charge in [-0.15, -0.1) is 0 Å². The molecule has 3 heterocycles. The van der Waals surface area contributed by atoms with Gasteiger partial charge in [-0.2, -0.15) is 0 Å². The molecule has 1 aliphatic rings. The van der Waals surface area contributed by atoms with E-state index in [2.05, 4.69) is 184 Å². The van der Waals surface area contributed by atoms with Gasteiger partial charge in [0, 0.05) is 27.7 Å². The van der Waals surface area contributed by atoms with Gasteiger partial charge >= 0.3 is 0 Å². The Morgan fingerprint density at radius 2 is 1.02 bits per heavy atom. The lowest BCUT2D eigenvalue weighted by atomic mass is 10.0. The van der Waals surface area contributed by atoms with Crippen LogP contribution in [0.25, 0.3) is 66.7 Å². The molecule has 47 heavy (non-hydrogen) atoms. The average Bonchev–Trinajstić information content (AvgIpc) is 3.70. The molecule has 220 valence electrons. The Hall–Kier alpha value is -6.39. The minimum atomic E-state index is 0.949. The topological polar surface area (TPSA) is 26.0 Å². The van der Waals surface area contributed by atoms with Crippen molar-refractivity contribution in [3.8, 4) is 33.9 Å². The van der Waals surface area contributed by atoms with Gasteiger partial charge in [-0.05, 0) is 71.8 Å². The maximum atomic E-state index is 5.17. The Labute approximate surface area is 272 Å². The van der Waals surface area contributed by atoms with E-state index in [9.17, 15) is 0 Å². The molecule has 0 amide bonds. The first-order chi connectivity index (χ1) is 23.3. The number of anilines is 3. The lowest BCUT2D eigenvalue weighted by molar-refractivity contribution is 1.06. The summed E-state index contributed by atoms with van der Waals surface area (Å²) >= 11 is 0. The minimum Gasteiger partial charge on any atom is -0.309 e. The van der Waals surface area contributed by atoms with Gasteiger partial charge < -0.3 is 9.47 Å². The van der Waals surface area contributed by atoms with Crippen molar-refractivity contribution < 1.29 is 0 Å². The van der Waals surface area contributed by atoms with Gasteiger partial charge in [0.25, 0.3) is 0 Å². The second-order valence-electron chi connectivity index (χ2n) is 12.1. The Kier molecular flexibility index (Phi) is 5.54. The highest BCUT2D eigenvalue weighted by Crippen LogP contribution is 2.49. The second-order valence-corrected chi connectivity index (χ2v) is 12.1. The van der Waals surface area contributed by atoms with Crippen molar-refractivity contribution in [2.24, 2.45) is 0 Å². The van der Waals surface area contributed by atoms with Gasteiger partial charge in [-0.25, -0.2) is 4.98 Å². The van der Waals surface area contributed by atoms with Gasteiger partial charge in [-0.3, -0.25) is 4.57 Å². The summed E-state index contributed by atoms with van der Waals surface area (Å²) in [6, 6.07) is 60.7. The molecule has 10 rings (SSSR count). The minimum absolute atomic E-state index is 0.949. The zero-order valence-corrected chi connectivity index (χ0v) is 25.5. The van der Waals surface area contributed by atoms with Crippen LogP contribution in [0.3, 0.4) is 0 Å². The molecular weight excluding hydrogens is 573 g/mol. The monoisotopic (exact) mass is 600 g/mol. The molecule has 0 fully saturated rings. The van der Waals surface area contributed by atoms with Crippen molar-refractivity contribution in [1.29, 1.82) is 0 Å². The molecule has 0 N–H and O–H groups in total. The fraction of sp³-hybridized carbons (Fsp3) is 0. The number of imidazole rings is 1. The van der Waals surface area contributed by atoms with Crippen molar-refractivity contribution in [3.05, 3.63) is 170 Å². The summed E-state index contributed by atoms with van der Waals surface area (Å²) in [7, 11) is 0. The fourth-order valence-corrected chi connectivity index (χ4v) is 7.36. The Morgan fingerprint density at radius 1 is 0.383 bits per heavy atom. The van der Waals surface area contributed by atoms with E-state index in [0.717, 1.165) is 56.4 Å². The van der Waals surface area contributed by atoms with Gasteiger partial charge in [0.15, 0.2) is 0 Å². The van der Waals surface area contributed by atoms with Crippen LogP contribution in [0.4, 0.5) is 17.1 Å². The predicted octanol–water partition coefficient (Wildman–Crippen LogP) is 11.2. The fourth-order valence-electron chi connectivity index (χ4n) is 7.36. The lowest BCUT2D eigenvalue weighted by Gasteiger charge is -2.33. The van der Waals surface area contributed by atoms with E-state index in [-0.39, 0.29) is 0 Å². The first-order valence-corrected chi connectivity index (χ1v) is 16.0. The molecular formula is C43H28N4. The normalized spacial score (nSPS) is 12.2. The van der Waals surface area contributed by atoms with Gasteiger partial charge in [0.05, 0.1) is 39.1 Å². The summed E-state index contributed by atoms with van der Waals surface area (Å²) in [5.74, 6) is 0.949. The first-order valence-electron chi connectivity index (χ1n) is 16.0. The summed E-state index contributed by atoms with van der Waals surface area (Å²) in [5.41, 5.74) is 13.6. The van der Waals surface area contributed by atoms with E-state index in [1.54, 1.807) is 0 Å². The molecule has 4 heteroatoms. The number of hydrogen-bond acceptors (Lipinski definition) is 2. The van der Waals surface area contributed by atoms with Gasteiger partial charge in [0.2, 0.25) is 0 Å². The van der Waals surface area contributed by atoms with Crippen LogP contribution < -0.4 is 4.90 Å². The van der Waals surface area contributed by atoms with E-state index >= 15 is 0 Å². The summed E-state index contributed by atoms with van der Waals surface area (Å²) in [4.78, 5) is 7.55. The Bertz CT molecular complexity index is 2560. The zero-order chi connectivity index (χ0) is 30.9. The zero-order valence-electron chi connectivity index (χ0n) is 25.5. The third kappa shape index (κ3) is 3.85. The number of nitrogens with zero attached hydrogens (tertiary/aromatic N) is 4. The molecule has 0 saturated heterocycles. The molecule has 2 aromatic heterocycles. The van der Waals surface area contributed by atoms with Crippen LogP contribution in [0.1, 0.15) is 0 Å². The van der Waals surface area contributed by atoms with E-state index in [0.29, 0.717) is 0 Å². The molecule has 9 aromatic rings. The van der Waals surface area contributed by atoms with E-state index < -0.39 is 0 Å². The number of benzene rings is 7. The number of para-hydroxylation sites is 4. The van der Waals surface area contributed by atoms with Crippen LogP contribution in [-0.4, -0.2) is 14.1 Å². The predicted molar refractivity (Wildman–Crippen MR) is 195 cm³/mol. The molecule has 0 radical (unpaired) electrons. The Balaban J connectivity index is 1.15. The molecule has 0 aliphatic carbocycles. The highest BCUT2D eigenvalue weighted by atomic mass is 15.2. The van der Waals surface area contributed by atoms with Crippen molar-refractivity contribution in [1.82, 2.24) is 14.1 Å². The maximum absolute atomic E-state index is 5.17. The van der Waals surface area contributed by atoms with Crippen LogP contribution in [0.2, 0.25) is 0 Å². The molecule has 0 bridgehead atoms. The number of hydrogen-bond donors (Lipinski definition) is 0. The van der Waals surface area contributed by atoms with Gasteiger partial charge in [0.1, 0.15) is 5.82 Å². The summed E-state index contributed by atoms with van der Waals surface area (Å²) in [5, 5.41) is 2.54. The molecule has 7 aromatic carbocycles. The number of fused-ring (bicyclic) bond motifs is 5. The highest BCUT2D eigenvalue weighted by molar-refractivity contribution is 6.09. The quantitative estimate of drug-likeness (QED) is 0.201. The summed E-state index contributed by atoms with van der Waals surface area (Å²) in [6.45, 7) is 0.